The van der Waals surface area contributed by atoms with E-state index in [4.69, 9.17) is 0 Å². The average Bonchev–Trinajstić information content (AvgIpc) is 2.63. The number of amides is 1. The standard InChI is InChI=1S/C24H34N2O/c1-18-10-13-22(17-19(18)2)26(7)23(27)24(3,4)16-8-9-20-11-14-21(15-12-20)25(5)6/h10-15,17H,8-9,16H2,1-7H3. The van der Waals surface area contributed by atoms with E-state index in [0.717, 1.165) is 24.9 Å². The molecule has 1 amide bonds. The molecule has 2 rings (SSSR count). The molecule has 2 aromatic carbocycles. The number of hydrogen-bond donors (Lipinski definition) is 0. The van der Waals surface area contributed by atoms with E-state index in [2.05, 4.69) is 83.1 Å². The highest BCUT2D eigenvalue weighted by Crippen LogP contribution is 2.29. The van der Waals surface area contributed by atoms with Gasteiger partial charge in [0.2, 0.25) is 5.91 Å². The number of carbonyl (C=O) groups excluding carboxylic acids is 1. The van der Waals surface area contributed by atoms with Crippen molar-refractivity contribution < 1.29 is 4.79 Å². The highest BCUT2D eigenvalue weighted by Gasteiger charge is 2.30. The van der Waals surface area contributed by atoms with Crippen molar-refractivity contribution in [1.82, 2.24) is 0 Å². The molecule has 3 heteroatoms. The Balaban J connectivity index is 1.96. The molecule has 0 N–H and O–H groups in total. The van der Waals surface area contributed by atoms with Crippen LogP contribution in [0.5, 0.6) is 0 Å². The third-order valence-electron chi connectivity index (χ3n) is 5.48. The van der Waals surface area contributed by atoms with Crippen LogP contribution in [-0.2, 0) is 11.2 Å². The van der Waals surface area contributed by atoms with E-state index in [1.54, 1.807) is 4.90 Å². The van der Waals surface area contributed by atoms with Crippen molar-refractivity contribution in [3.05, 3.63) is 59.2 Å². The first-order valence-corrected chi connectivity index (χ1v) is 9.73. The van der Waals surface area contributed by atoms with Gasteiger partial charge in [0.25, 0.3) is 0 Å². The van der Waals surface area contributed by atoms with Gasteiger partial charge >= 0.3 is 0 Å². The Labute approximate surface area is 165 Å². The summed E-state index contributed by atoms with van der Waals surface area (Å²) < 4.78 is 0. The third kappa shape index (κ3) is 5.35. The average molecular weight is 367 g/mol. The summed E-state index contributed by atoms with van der Waals surface area (Å²) in [5.74, 6) is 0.175. The van der Waals surface area contributed by atoms with Crippen molar-refractivity contribution in [2.75, 3.05) is 30.9 Å². The van der Waals surface area contributed by atoms with Gasteiger partial charge in [-0.15, -0.1) is 0 Å². The number of anilines is 2. The Morgan fingerprint density at radius 2 is 1.48 bits per heavy atom. The first kappa shape index (κ1) is 21.0. The zero-order valence-corrected chi connectivity index (χ0v) is 18.0. The van der Waals surface area contributed by atoms with Gasteiger partial charge in [-0.3, -0.25) is 4.79 Å². The topological polar surface area (TPSA) is 23.6 Å². The van der Waals surface area contributed by atoms with E-state index < -0.39 is 0 Å². The molecule has 0 spiro atoms. The maximum Gasteiger partial charge on any atom is 0.232 e. The molecule has 0 aliphatic rings. The van der Waals surface area contributed by atoms with Gasteiger partial charge in [0, 0.05) is 37.9 Å². The van der Waals surface area contributed by atoms with Crippen LogP contribution >= 0.6 is 0 Å². The van der Waals surface area contributed by atoms with Crippen LogP contribution in [0, 0.1) is 19.3 Å². The molecule has 146 valence electrons. The molecule has 0 heterocycles. The lowest BCUT2D eigenvalue weighted by atomic mass is 9.85. The van der Waals surface area contributed by atoms with Crippen molar-refractivity contribution >= 4 is 17.3 Å². The van der Waals surface area contributed by atoms with Crippen molar-refractivity contribution in [2.45, 2.75) is 47.0 Å². The molecule has 0 atom stereocenters. The van der Waals surface area contributed by atoms with E-state index in [9.17, 15) is 4.79 Å². The van der Waals surface area contributed by atoms with Crippen LogP contribution in [0.15, 0.2) is 42.5 Å². The molecule has 0 aliphatic carbocycles. The fourth-order valence-corrected chi connectivity index (χ4v) is 3.31. The highest BCUT2D eigenvalue weighted by molar-refractivity contribution is 5.96. The highest BCUT2D eigenvalue weighted by atomic mass is 16.2. The van der Waals surface area contributed by atoms with Gasteiger partial charge in [0.05, 0.1) is 0 Å². The summed E-state index contributed by atoms with van der Waals surface area (Å²) in [6.45, 7) is 8.30. The van der Waals surface area contributed by atoms with Gasteiger partial charge in [-0.1, -0.05) is 32.0 Å². The third-order valence-corrected chi connectivity index (χ3v) is 5.48. The van der Waals surface area contributed by atoms with Gasteiger partial charge in [-0.25, -0.2) is 0 Å². The van der Waals surface area contributed by atoms with Crippen LogP contribution in [0.2, 0.25) is 0 Å². The summed E-state index contributed by atoms with van der Waals surface area (Å²) >= 11 is 0. The zero-order valence-electron chi connectivity index (χ0n) is 18.0. The summed E-state index contributed by atoms with van der Waals surface area (Å²) in [7, 11) is 5.98. The second-order valence-electron chi connectivity index (χ2n) is 8.43. The lowest BCUT2D eigenvalue weighted by Crippen LogP contribution is -2.38. The van der Waals surface area contributed by atoms with Crippen LogP contribution < -0.4 is 9.80 Å². The van der Waals surface area contributed by atoms with Crippen LogP contribution in [-0.4, -0.2) is 27.1 Å². The van der Waals surface area contributed by atoms with E-state index >= 15 is 0 Å². The summed E-state index contributed by atoms with van der Waals surface area (Å²) in [6.07, 6.45) is 2.87. The van der Waals surface area contributed by atoms with Crippen molar-refractivity contribution in [2.24, 2.45) is 5.41 Å². The number of hydrogen-bond acceptors (Lipinski definition) is 2. The largest absolute Gasteiger partial charge is 0.378 e. The Morgan fingerprint density at radius 1 is 0.889 bits per heavy atom. The predicted octanol–water partition coefficient (Wildman–Crippen LogP) is 5.38. The van der Waals surface area contributed by atoms with Gasteiger partial charge in [-0.2, -0.15) is 0 Å². The Morgan fingerprint density at radius 3 is 2.04 bits per heavy atom. The first-order chi connectivity index (χ1) is 12.6. The monoisotopic (exact) mass is 366 g/mol. The van der Waals surface area contributed by atoms with Crippen LogP contribution in [0.25, 0.3) is 0 Å². The summed E-state index contributed by atoms with van der Waals surface area (Å²) in [5.41, 5.74) is 5.59. The number of carbonyl (C=O) groups is 1. The minimum atomic E-state index is -0.378. The number of benzene rings is 2. The lowest BCUT2D eigenvalue weighted by Gasteiger charge is -2.30. The van der Waals surface area contributed by atoms with Crippen LogP contribution in [0.1, 0.15) is 43.4 Å². The second-order valence-corrected chi connectivity index (χ2v) is 8.43. The zero-order chi connectivity index (χ0) is 20.2. The van der Waals surface area contributed by atoms with Crippen LogP contribution in [0.3, 0.4) is 0 Å². The fourth-order valence-electron chi connectivity index (χ4n) is 3.31. The Bertz CT molecular complexity index is 775. The number of aryl methyl sites for hydroxylation is 3. The SMILES string of the molecule is Cc1ccc(N(C)C(=O)C(C)(C)CCCc2ccc(N(C)C)cc2)cc1C. The molecule has 2 aromatic rings. The fraction of sp³-hybridized carbons (Fsp3) is 0.458. The molecule has 0 radical (unpaired) electrons. The van der Waals surface area contributed by atoms with E-state index in [-0.39, 0.29) is 11.3 Å². The number of rotatable bonds is 7. The maximum absolute atomic E-state index is 13.0. The summed E-state index contributed by atoms with van der Waals surface area (Å²) in [4.78, 5) is 17.0. The predicted molar refractivity (Wildman–Crippen MR) is 117 cm³/mol. The normalized spacial score (nSPS) is 11.4. The maximum atomic E-state index is 13.0. The molecule has 3 nitrogen and oxygen atoms in total. The second kappa shape index (κ2) is 8.60. The molecule has 0 aromatic heterocycles. The lowest BCUT2D eigenvalue weighted by molar-refractivity contribution is -0.126. The van der Waals surface area contributed by atoms with Gasteiger partial charge in [0.15, 0.2) is 0 Å². The molecular formula is C24H34N2O. The van der Waals surface area contributed by atoms with Gasteiger partial charge < -0.3 is 9.80 Å². The molecule has 0 saturated heterocycles. The molecule has 0 unspecified atom stereocenters. The molecule has 0 aliphatic heterocycles. The van der Waals surface area contributed by atoms with Crippen molar-refractivity contribution in [3.63, 3.8) is 0 Å². The quantitative estimate of drug-likeness (QED) is 0.657. The first-order valence-electron chi connectivity index (χ1n) is 9.73. The number of nitrogens with zero attached hydrogens (tertiary/aromatic N) is 2. The van der Waals surface area contributed by atoms with Gasteiger partial charge in [0.1, 0.15) is 0 Å². The molecule has 0 bridgehead atoms. The molecule has 27 heavy (non-hydrogen) atoms. The molecule has 0 fully saturated rings. The van der Waals surface area contributed by atoms with E-state index in [1.807, 2.05) is 13.1 Å². The van der Waals surface area contributed by atoms with Crippen LogP contribution in [0.4, 0.5) is 11.4 Å². The molecule has 0 saturated carbocycles. The minimum absolute atomic E-state index is 0.175. The molecular weight excluding hydrogens is 332 g/mol. The summed E-state index contributed by atoms with van der Waals surface area (Å²) in [6, 6.07) is 14.9. The summed E-state index contributed by atoms with van der Waals surface area (Å²) in [5, 5.41) is 0. The van der Waals surface area contributed by atoms with E-state index in [1.165, 1.54) is 22.4 Å². The van der Waals surface area contributed by atoms with Gasteiger partial charge in [-0.05, 0) is 74.1 Å². The minimum Gasteiger partial charge on any atom is -0.378 e. The smallest absolute Gasteiger partial charge is 0.232 e. The Hall–Kier alpha value is -2.29. The van der Waals surface area contributed by atoms with Crippen molar-refractivity contribution in [1.29, 1.82) is 0 Å². The Kier molecular flexibility index (Phi) is 6.69. The van der Waals surface area contributed by atoms with E-state index in [0.29, 0.717) is 0 Å². The van der Waals surface area contributed by atoms with Crippen molar-refractivity contribution in [3.8, 4) is 0 Å².